The van der Waals surface area contributed by atoms with Crippen LogP contribution < -0.4 is 27.7 Å². The lowest BCUT2D eigenvalue weighted by Gasteiger charge is -2.14. The van der Waals surface area contributed by atoms with Gasteiger partial charge >= 0.3 is 6.36 Å². The van der Waals surface area contributed by atoms with E-state index >= 15 is 0 Å². The van der Waals surface area contributed by atoms with Crippen LogP contribution >= 0.6 is 0 Å². The molecule has 0 unspecified atom stereocenters. The number of ether oxygens (including phenoxy) is 1. The third-order valence-electron chi connectivity index (χ3n) is 8.18. The van der Waals surface area contributed by atoms with Gasteiger partial charge in [-0.25, -0.2) is 0 Å². The molecule has 15 nitrogen and oxygen atoms in total. The second kappa shape index (κ2) is 13.6. The highest BCUT2D eigenvalue weighted by Crippen LogP contribution is 2.46. The summed E-state index contributed by atoms with van der Waals surface area (Å²) in [5, 5.41) is 16.5. The van der Waals surface area contributed by atoms with E-state index in [-0.39, 0.29) is 49.9 Å². The number of benzene rings is 6. The predicted molar refractivity (Wildman–Crippen MR) is 197 cm³/mol. The minimum Gasteiger partial charge on any atom is -0.403 e. The van der Waals surface area contributed by atoms with Crippen molar-refractivity contribution >= 4 is 87.3 Å². The lowest BCUT2D eigenvalue weighted by atomic mass is 10.0. The van der Waals surface area contributed by atoms with Gasteiger partial charge in [-0.2, -0.15) is 21.9 Å². The maximum atomic E-state index is 13.6. The molecule has 20 heteroatoms. The molecule has 54 heavy (non-hydrogen) atoms. The molecule has 0 aliphatic rings. The van der Waals surface area contributed by atoms with Crippen molar-refractivity contribution in [2.24, 2.45) is 20.5 Å². The quantitative estimate of drug-likeness (QED) is 0.0484. The fourth-order valence-electron chi connectivity index (χ4n) is 5.79. The number of alkyl halides is 3. The Labute approximate surface area is 304 Å². The number of nitrogens with two attached hydrogens (primary N) is 4. The van der Waals surface area contributed by atoms with E-state index in [0.29, 0.717) is 11.1 Å². The molecule has 6 aromatic carbocycles. The number of anilines is 4. The number of nitrogen functional groups attached to an aromatic ring is 4. The molecule has 0 radical (unpaired) electrons. The number of halogens is 3. The van der Waals surface area contributed by atoms with Crippen LogP contribution in [-0.4, -0.2) is 32.3 Å². The third kappa shape index (κ3) is 7.17. The Morgan fingerprint density at radius 2 is 0.981 bits per heavy atom. The minimum atomic E-state index is -5.16. The average Bonchev–Trinajstić information content (AvgIpc) is 3.07. The van der Waals surface area contributed by atoms with Gasteiger partial charge in [0, 0.05) is 21.5 Å². The fraction of sp³-hybridized carbons (Fsp3) is 0.0588. The Morgan fingerprint density at radius 3 is 1.41 bits per heavy atom. The Kier molecular flexibility index (Phi) is 9.40. The van der Waals surface area contributed by atoms with Crippen LogP contribution in [0.4, 0.5) is 58.7 Å². The molecule has 6 aromatic rings. The second-order valence-corrected chi connectivity index (χ2v) is 14.4. The molecule has 0 atom stereocenters. The van der Waals surface area contributed by atoms with Crippen LogP contribution in [0.5, 0.6) is 5.75 Å². The fourth-order valence-corrected chi connectivity index (χ4v) is 7.45. The SMILES string of the molecule is Cc1cc(-c2ccc(N=Nc3c(N)c(S(=O)(=O)O)c4ccccc4c3N)c(OC(F)(F)F)c2)ccc1N=Nc1c(N)c(S(=O)(=O)O)c2ccccc2c1N. The topological polar surface area (TPSA) is 271 Å². The molecule has 0 saturated heterocycles. The molecule has 10 N–H and O–H groups in total. The first kappa shape index (κ1) is 37.4. The monoisotopic (exact) mass is 780 g/mol. The van der Waals surface area contributed by atoms with Gasteiger partial charge in [0.25, 0.3) is 20.2 Å². The van der Waals surface area contributed by atoms with Crippen molar-refractivity contribution in [3.63, 3.8) is 0 Å². The van der Waals surface area contributed by atoms with Gasteiger partial charge in [-0.1, -0.05) is 60.7 Å². The van der Waals surface area contributed by atoms with Crippen molar-refractivity contribution < 1.29 is 43.8 Å². The van der Waals surface area contributed by atoms with Crippen LogP contribution in [0, 0.1) is 6.92 Å². The Bertz CT molecular complexity index is 2810. The minimum absolute atomic E-state index is 0.00424. The summed E-state index contributed by atoms with van der Waals surface area (Å²) in [5.74, 6) is -0.782. The van der Waals surface area contributed by atoms with Gasteiger partial charge in [-0.15, -0.1) is 28.5 Å². The van der Waals surface area contributed by atoms with E-state index in [4.69, 9.17) is 22.9 Å². The van der Waals surface area contributed by atoms with E-state index in [0.717, 1.165) is 12.1 Å². The van der Waals surface area contributed by atoms with E-state index in [1.165, 1.54) is 54.6 Å². The van der Waals surface area contributed by atoms with Crippen molar-refractivity contribution in [3.05, 3.63) is 90.5 Å². The molecule has 0 aromatic heterocycles. The number of aryl methyl sites for hydroxylation is 1. The van der Waals surface area contributed by atoms with Crippen LogP contribution in [0.2, 0.25) is 0 Å². The van der Waals surface area contributed by atoms with E-state index < -0.39 is 64.9 Å². The molecule has 0 spiro atoms. The highest BCUT2D eigenvalue weighted by atomic mass is 32.2. The first-order chi connectivity index (χ1) is 25.3. The average molecular weight is 781 g/mol. The lowest BCUT2D eigenvalue weighted by molar-refractivity contribution is -0.274. The largest absolute Gasteiger partial charge is 0.573 e. The van der Waals surface area contributed by atoms with Crippen LogP contribution in [0.25, 0.3) is 32.7 Å². The van der Waals surface area contributed by atoms with Gasteiger partial charge < -0.3 is 27.7 Å². The van der Waals surface area contributed by atoms with Crippen molar-refractivity contribution in [2.75, 3.05) is 22.9 Å². The number of azo groups is 2. The van der Waals surface area contributed by atoms with Gasteiger partial charge in [0.1, 0.15) is 26.9 Å². The third-order valence-corrected chi connectivity index (χ3v) is 10.1. The Hall–Kier alpha value is -6.35. The smallest absolute Gasteiger partial charge is 0.403 e. The Morgan fingerprint density at radius 1 is 0.574 bits per heavy atom. The maximum Gasteiger partial charge on any atom is 0.573 e. The normalized spacial score (nSPS) is 12.7. The van der Waals surface area contributed by atoms with Gasteiger partial charge in [-0.3, -0.25) is 9.11 Å². The number of fused-ring (bicyclic) bond motifs is 2. The summed E-state index contributed by atoms with van der Waals surface area (Å²) in [5.41, 5.74) is 23.8. The Balaban J connectivity index is 1.38. The maximum absolute atomic E-state index is 13.6. The summed E-state index contributed by atoms with van der Waals surface area (Å²) < 4.78 is 114. The molecule has 0 heterocycles. The molecule has 0 saturated carbocycles. The zero-order valence-corrected chi connectivity index (χ0v) is 29.2. The molecular formula is C34H27F3N8O7S2. The number of hydrogen-bond acceptors (Lipinski definition) is 13. The van der Waals surface area contributed by atoms with Crippen molar-refractivity contribution in [2.45, 2.75) is 23.1 Å². The summed E-state index contributed by atoms with van der Waals surface area (Å²) in [7, 11) is -9.70. The van der Waals surface area contributed by atoms with E-state index in [1.807, 2.05) is 0 Å². The van der Waals surface area contributed by atoms with E-state index in [9.17, 15) is 39.1 Å². The molecule has 6 rings (SSSR count). The zero-order chi connectivity index (χ0) is 39.3. The molecule has 0 fully saturated rings. The molecule has 0 bridgehead atoms. The summed E-state index contributed by atoms with van der Waals surface area (Å²) in [6.07, 6.45) is -5.16. The first-order valence-corrected chi connectivity index (χ1v) is 18.1. The summed E-state index contributed by atoms with van der Waals surface area (Å²) >= 11 is 0. The van der Waals surface area contributed by atoms with Crippen molar-refractivity contribution in [1.82, 2.24) is 0 Å². The summed E-state index contributed by atoms with van der Waals surface area (Å²) in [4.78, 5) is -1.28. The van der Waals surface area contributed by atoms with E-state index in [1.54, 1.807) is 25.1 Å². The first-order valence-electron chi connectivity index (χ1n) is 15.2. The molecule has 0 aliphatic heterocycles. The van der Waals surface area contributed by atoms with Crippen LogP contribution in [0.3, 0.4) is 0 Å². The standard InChI is InChI=1S/C34H27F3N8O7S2/c1-16-14-17(10-12-23(16)42-44-30-26(38)19-6-2-4-8-21(19)32(28(30)40)53(46,47)48)18-11-13-24(25(15-18)52-34(35,36)37)43-45-31-27(39)20-7-3-5-9-22(20)33(29(31)41)54(49,50)51/h2-15H,38-41H2,1H3,(H,46,47,48)(H,49,50,51). The summed E-state index contributed by atoms with van der Waals surface area (Å²) in [6.45, 7) is 1.63. The van der Waals surface area contributed by atoms with Crippen LogP contribution in [0.1, 0.15) is 5.56 Å². The highest BCUT2D eigenvalue weighted by Gasteiger charge is 2.33. The predicted octanol–water partition coefficient (Wildman–Crippen LogP) is 8.52. The van der Waals surface area contributed by atoms with Gasteiger partial charge in [-0.05, 0) is 47.9 Å². The molecule has 278 valence electrons. The second-order valence-electron chi connectivity index (χ2n) is 11.7. The van der Waals surface area contributed by atoms with Crippen molar-refractivity contribution in [3.8, 4) is 16.9 Å². The lowest BCUT2D eigenvalue weighted by Crippen LogP contribution is -2.17. The van der Waals surface area contributed by atoms with Gasteiger partial charge in [0.2, 0.25) is 0 Å². The van der Waals surface area contributed by atoms with E-state index in [2.05, 4.69) is 25.2 Å². The molecule has 0 amide bonds. The molecule has 0 aliphatic carbocycles. The number of rotatable bonds is 8. The molecular weight excluding hydrogens is 754 g/mol. The van der Waals surface area contributed by atoms with Crippen molar-refractivity contribution in [1.29, 1.82) is 0 Å². The van der Waals surface area contributed by atoms with Gasteiger partial charge in [0.15, 0.2) is 5.75 Å². The number of nitrogens with zero attached hydrogens (tertiary/aromatic N) is 4. The van der Waals surface area contributed by atoms with Crippen LogP contribution in [-0.2, 0) is 20.2 Å². The highest BCUT2D eigenvalue weighted by molar-refractivity contribution is 7.86. The number of hydrogen-bond donors (Lipinski definition) is 6. The van der Waals surface area contributed by atoms with Gasteiger partial charge in [0.05, 0.1) is 28.4 Å². The summed E-state index contributed by atoms with van der Waals surface area (Å²) in [6, 6.07) is 20.1. The zero-order valence-electron chi connectivity index (χ0n) is 27.6. The van der Waals surface area contributed by atoms with Crippen LogP contribution in [0.15, 0.2) is 115 Å².